The van der Waals surface area contributed by atoms with E-state index in [0.29, 0.717) is 0 Å². The minimum absolute atomic E-state index is 0.250. The topological polar surface area (TPSA) is 79.2 Å². The molecule has 0 aromatic heterocycles. The number of carbonyl (C=O) groups is 2. The van der Waals surface area contributed by atoms with Crippen LogP contribution in [0.2, 0.25) is 0 Å². The van der Waals surface area contributed by atoms with Gasteiger partial charge in [-0.1, -0.05) is 0 Å². The average Bonchev–Trinajstić information content (AvgIpc) is 2.01. The first-order valence-electron chi connectivity index (χ1n) is 3.04. The minimum atomic E-state index is -0.835. The highest BCUT2D eigenvalue weighted by molar-refractivity contribution is 5.93. The zero-order valence-corrected chi connectivity index (χ0v) is 6.09. The molecule has 0 radical (unpaired) electrons. The Labute approximate surface area is 63.9 Å². The first kappa shape index (κ1) is 9.43. The third-order valence-electron chi connectivity index (χ3n) is 0.800. The molecule has 0 heterocycles. The molecule has 0 aromatic rings. The smallest absolute Gasteiger partial charge is 0.325 e. The summed E-state index contributed by atoms with van der Waals surface area (Å²) in [6.07, 6.45) is 0. The summed E-state index contributed by atoms with van der Waals surface area (Å²) in [6, 6.07) is 1.30. The normalized spacial score (nSPS) is 8.00. The van der Waals surface area contributed by atoms with Crippen LogP contribution in [0, 0.1) is 11.3 Å². The van der Waals surface area contributed by atoms with Crippen molar-refractivity contribution >= 4 is 11.9 Å². The van der Waals surface area contributed by atoms with Gasteiger partial charge in [0.2, 0.25) is 0 Å². The van der Waals surface area contributed by atoms with Crippen molar-refractivity contribution in [3.8, 4) is 6.07 Å². The van der Waals surface area contributed by atoms with E-state index >= 15 is 0 Å². The van der Waals surface area contributed by atoms with Gasteiger partial charge in [-0.3, -0.25) is 9.59 Å². The molecule has 0 atom stereocenters. The summed E-state index contributed by atoms with van der Waals surface area (Å²) < 4.78 is 4.47. The molecule has 1 N–H and O–H groups in total. The van der Waals surface area contributed by atoms with Crippen molar-refractivity contribution in [3.63, 3.8) is 0 Å². The summed E-state index contributed by atoms with van der Waals surface area (Å²) in [6.45, 7) is 1.67. The number of hydrogen-bond donors (Lipinski definition) is 1. The number of rotatable bonds is 3. The van der Waals surface area contributed by atoms with Gasteiger partial charge in [0, 0.05) is 0 Å². The molecule has 0 unspecified atom stereocenters. The lowest BCUT2D eigenvalue weighted by molar-refractivity contribution is -0.143. The Bertz CT molecular complexity index is 194. The van der Waals surface area contributed by atoms with Crippen LogP contribution in [0.5, 0.6) is 0 Å². The lowest BCUT2D eigenvalue weighted by Crippen LogP contribution is -2.29. The number of ether oxygens (including phenoxy) is 1. The maximum atomic E-state index is 10.5. The van der Waals surface area contributed by atoms with Crippen LogP contribution in [0.15, 0.2) is 0 Å². The molecule has 0 fully saturated rings. The van der Waals surface area contributed by atoms with Crippen molar-refractivity contribution in [2.75, 3.05) is 13.2 Å². The van der Waals surface area contributed by atoms with Gasteiger partial charge in [-0.05, 0) is 6.92 Å². The van der Waals surface area contributed by atoms with E-state index in [1.165, 1.54) is 6.07 Å². The highest BCUT2D eigenvalue weighted by Gasteiger charge is 2.03. The van der Waals surface area contributed by atoms with Crippen LogP contribution in [-0.4, -0.2) is 25.0 Å². The van der Waals surface area contributed by atoms with Crippen LogP contribution in [0.3, 0.4) is 0 Å². The highest BCUT2D eigenvalue weighted by Crippen LogP contribution is 1.74. The summed E-state index contributed by atoms with van der Waals surface area (Å²) in [5, 5.41) is 10.0. The summed E-state index contributed by atoms with van der Waals surface area (Å²) in [5.41, 5.74) is 0. The molecule has 0 spiro atoms. The van der Waals surface area contributed by atoms with Crippen molar-refractivity contribution < 1.29 is 14.3 Å². The monoisotopic (exact) mass is 156 g/mol. The van der Waals surface area contributed by atoms with Crippen molar-refractivity contribution in [3.05, 3.63) is 0 Å². The van der Waals surface area contributed by atoms with Crippen LogP contribution < -0.4 is 5.32 Å². The van der Waals surface area contributed by atoms with Crippen molar-refractivity contribution in [2.45, 2.75) is 6.92 Å². The molecule has 0 aromatic carbocycles. The first-order chi connectivity index (χ1) is 5.20. The Balaban J connectivity index is 3.48. The molecule has 0 aliphatic heterocycles. The Morgan fingerprint density at radius 1 is 1.64 bits per heavy atom. The fourth-order valence-corrected chi connectivity index (χ4v) is 0.404. The third kappa shape index (κ3) is 4.90. The van der Waals surface area contributed by atoms with Gasteiger partial charge in [0.05, 0.1) is 6.61 Å². The number of esters is 1. The van der Waals surface area contributed by atoms with Crippen LogP contribution in [0.4, 0.5) is 0 Å². The zero-order valence-electron chi connectivity index (χ0n) is 6.09. The SMILES string of the molecule is CCOC(=O)CNC(=O)C#N. The van der Waals surface area contributed by atoms with Gasteiger partial charge >= 0.3 is 11.9 Å². The molecule has 0 aliphatic rings. The average molecular weight is 156 g/mol. The van der Waals surface area contributed by atoms with Gasteiger partial charge in [0.25, 0.3) is 0 Å². The van der Waals surface area contributed by atoms with Crippen LogP contribution >= 0.6 is 0 Å². The fourth-order valence-electron chi connectivity index (χ4n) is 0.404. The van der Waals surface area contributed by atoms with Gasteiger partial charge in [0.15, 0.2) is 6.07 Å². The molecule has 0 saturated carbocycles. The first-order valence-corrected chi connectivity index (χ1v) is 3.04. The Hall–Kier alpha value is -1.57. The van der Waals surface area contributed by atoms with Crippen molar-refractivity contribution in [1.29, 1.82) is 5.26 Å². The molecule has 5 heteroatoms. The molecule has 0 aliphatic carbocycles. The fraction of sp³-hybridized carbons (Fsp3) is 0.500. The van der Waals surface area contributed by atoms with Gasteiger partial charge in [-0.15, -0.1) is 0 Å². The van der Waals surface area contributed by atoms with E-state index in [4.69, 9.17) is 5.26 Å². The van der Waals surface area contributed by atoms with E-state index < -0.39 is 11.9 Å². The van der Waals surface area contributed by atoms with Crippen LogP contribution in [-0.2, 0) is 14.3 Å². The molecule has 0 rings (SSSR count). The molecule has 5 nitrogen and oxygen atoms in total. The Kier molecular flexibility index (Phi) is 4.49. The predicted molar refractivity (Wildman–Crippen MR) is 35.3 cm³/mol. The molecule has 11 heavy (non-hydrogen) atoms. The second-order valence-corrected chi connectivity index (χ2v) is 1.60. The van der Waals surface area contributed by atoms with Crippen LogP contribution in [0.1, 0.15) is 6.92 Å². The second kappa shape index (κ2) is 5.23. The molecular formula is C6H8N2O3. The van der Waals surface area contributed by atoms with Gasteiger partial charge in [-0.2, -0.15) is 5.26 Å². The minimum Gasteiger partial charge on any atom is -0.465 e. The standard InChI is InChI=1S/C6H8N2O3/c1-2-11-6(10)4-8-5(9)3-7/h2,4H2,1H3,(H,8,9). The summed E-state index contributed by atoms with van der Waals surface area (Å²) in [7, 11) is 0. The number of amides is 1. The number of nitrogens with one attached hydrogen (secondary N) is 1. The quantitative estimate of drug-likeness (QED) is 0.428. The number of nitriles is 1. The summed E-state index contributed by atoms with van der Waals surface area (Å²) >= 11 is 0. The largest absolute Gasteiger partial charge is 0.465 e. The molecule has 1 amide bonds. The van der Waals surface area contributed by atoms with E-state index in [-0.39, 0.29) is 13.2 Å². The molecule has 0 bridgehead atoms. The maximum absolute atomic E-state index is 10.5. The Morgan fingerprint density at radius 3 is 2.73 bits per heavy atom. The van der Waals surface area contributed by atoms with Gasteiger partial charge in [-0.25, -0.2) is 0 Å². The molecular weight excluding hydrogens is 148 g/mol. The maximum Gasteiger partial charge on any atom is 0.325 e. The van der Waals surface area contributed by atoms with Gasteiger partial charge < -0.3 is 10.1 Å². The van der Waals surface area contributed by atoms with E-state index in [0.717, 1.165) is 0 Å². The summed E-state index contributed by atoms with van der Waals surface area (Å²) in [4.78, 5) is 20.8. The number of hydrogen-bond acceptors (Lipinski definition) is 4. The third-order valence-corrected chi connectivity index (χ3v) is 0.800. The zero-order chi connectivity index (χ0) is 8.69. The highest BCUT2D eigenvalue weighted by atomic mass is 16.5. The van der Waals surface area contributed by atoms with E-state index in [1.807, 2.05) is 5.32 Å². The molecule has 0 saturated heterocycles. The van der Waals surface area contributed by atoms with Crippen molar-refractivity contribution in [1.82, 2.24) is 5.32 Å². The van der Waals surface area contributed by atoms with Crippen LogP contribution in [0.25, 0.3) is 0 Å². The molecule has 60 valence electrons. The Morgan fingerprint density at radius 2 is 2.27 bits per heavy atom. The van der Waals surface area contributed by atoms with Crippen molar-refractivity contribution in [2.24, 2.45) is 0 Å². The number of carbonyl (C=O) groups excluding carboxylic acids is 2. The summed E-state index contributed by atoms with van der Waals surface area (Å²) in [5.74, 6) is -1.38. The van der Waals surface area contributed by atoms with E-state index in [9.17, 15) is 9.59 Å². The predicted octanol–water partition coefficient (Wildman–Crippen LogP) is -0.811. The van der Waals surface area contributed by atoms with E-state index in [2.05, 4.69) is 4.74 Å². The number of nitrogens with zero attached hydrogens (tertiary/aromatic N) is 1. The van der Waals surface area contributed by atoms with Gasteiger partial charge in [0.1, 0.15) is 6.54 Å². The van der Waals surface area contributed by atoms with E-state index in [1.54, 1.807) is 6.92 Å². The lowest BCUT2D eigenvalue weighted by Gasteiger charge is -1.99. The lowest BCUT2D eigenvalue weighted by atomic mass is 10.6. The second-order valence-electron chi connectivity index (χ2n) is 1.60.